The second kappa shape index (κ2) is 5.92. The molecule has 1 heteroatoms. The lowest BCUT2D eigenvalue weighted by Crippen LogP contribution is -1.92. The predicted molar refractivity (Wildman–Crippen MR) is 85.2 cm³/mol. The van der Waals surface area contributed by atoms with E-state index in [0.29, 0.717) is 0 Å². The molecule has 1 aromatic carbocycles. The summed E-state index contributed by atoms with van der Waals surface area (Å²) in [5, 5.41) is 1.27. The first-order valence-corrected chi connectivity index (χ1v) is 7.12. The van der Waals surface area contributed by atoms with Crippen LogP contribution in [0.15, 0.2) is 48.2 Å². The molecule has 0 atom stereocenters. The fourth-order valence-corrected chi connectivity index (χ4v) is 2.69. The minimum absolute atomic E-state index is 1.05. The Kier molecular flexibility index (Phi) is 4.26. The fourth-order valence-electron chi connectivity index (χ4n) is 2.69. The molecule has 0 aliphatic rings. The lowest BCUT2D eigenvalue weighted by molar-refractivity contribution is 0.898. The monoisotopic (exact) mass is 253 g/mol. The highest BCUT2D eigenvalue weighted by Crippen LogP contribution is 2.29. The molecule has 1 nitrogen and oxygen atoms in total. The zero-order valence-electron chi connectivity index (χ0n) is 12.2. The van der Waals surface area contributed by atoms with Crippen molar-refractivity contribution in [1.29, 1.82) is 0 Å². The number of nitrogens with one attached hydrogen (secondary N) is 1. The Hall–Kier alpha value is -1.76. The number of allylic oxidation sites excluding steroid dienone is 3. The highest BCUT2D eigenvalue weighted by atomic mass is 14.7. The molecule has 0 saturated heterocycles. The molecular weight excluding hydrogens is 230 g/mol. The van der Waals surface area contributed by atoms with Gasteiger partial charge >= 0.3 is 0 Å². The number of fused-ring (bicyclic) bond motifs is 1. The highest BCUT2D eigenvalue weighted by molar-refractivity contribution is 5.84. The van der Waals surface area contributed by atoms with Gasteiger partial charge in [-0.15, -0.1) is 0 Å². The van der Waals surface area contributed by atoms with E-state index in [1.54, 1.807) is 0 Å². The molecule has 0 radical (unpaired) electrons. The number of aromatic nitrogens is 1. The van der Waals surface area contributed by atoms with Crippen LogP contribution in [-0.4, -0.2) is 4.98 Å². The lowest BCUT2D eigenvalue weighted by atomic mass is 9.92. The summed E-state index contributed by atoms with van der Waals surface area (Å²) in [6.07, 6.45) is 5.29. The van der Waals surface area contributed by atoms with Gasteiger partial charge in [-0.25, -0.2) is 0 Å². The van der Waals surface area contributed by atoms with Crippen molar-refractivity contribution in [2.45, 2.75) is 40.0 Å². The Morgan fingerprint density at radius 2 is 2.00 bits per heavy atom. The number of hydrogen-bond donors (Lipinski definition) is 1. The normalized spacial score (nSPS) is 12.6. The molecule has 1 aromatic heterocycles. The molecule has 0 aliphatic heterocycles. The molecule has 100 valence electrons. The molecule has 0 unspecified atom stereocenters. The molecule has 1 heterocycles. The Bertz CT molecular complexity index is 613. The third kappa shape index (κ3) is 2.81. The number of benzene rings is 1. The molecule has 0 saturated carbocycles. The summed E-state index contributed by atoms with van der Waals surface area (Å²) < 4.78 is 0. The van der Waals surface area contributed by atoms with Gasteiger partial charge in [0.1, 0.15) is 0 Å². The van der Waals surface area contributed by atoms with Gasteiger partial charge < -0.3 is 4.98 Å². The van der Waals surface area contributed by atoms with Crippen molar-refractivity contribution in [2.75, 3.05) is 0 Å². The molecule has 0 bridgehead atoms. The topological polar surface area (TPSA) is 15.8 Å². The SMILES string of the molecule is C=C(CCC)/C(CC)=C(\C)c1ccc2[nH]ccc2c1. The highest BCUT2D eigenvalue weighted by Gasteiger charge is 2.07. The van der Waals surface area contributed by atoms with Crippen molar-refractivity contribution in [2.24, 2.45) is 0 Å². The third-order valence-corrected chi connectivity index (χ3v) is 3.77. The van der Waals surface area contributed by atoms with Crippen molar-refractivity contribution >= 4 is 16.5 Å². The third-order valence-electron chi connectivity index (χ3n) is 3.77. The molecule has 0 spiro atoms. The Morgan fingerprint density at radius 1 is 1.21 bits per heavy atom. The summed E-state index contributed by atoms with van der Waals surface area (Å²) in [6.45, 7) is 10.9. The summed E-state index contributed by atoms with van der Waals surface area (Å²) >= 11 is 0. The van der Waals surface area contributed by atoms with Gasteiger partial charge in [0, 0.05) is 11.7 Å². The van der Waals surface area contributed by atoms with E-state index < -0.39 is 0 Å². The minimum Gasteiger partial charge on any atom is -0.361 e. The van der Waals surface area contributed by atoms with Crippen LogP contribution in [0.5, 0.6) is 0 Å². The summed E-state index contributed by atoms with van der Waals surface area (Å²) in [7, 11) is 0. The first-order valence-electron chi connectivity index (χ1n) is 7.12. The van der Waals surface area contributed by atoms with E-state index >= 15 is 0 Å². The van der Waals surface area contributed by atoms with Gasteiger partial charge in [0.05, 0.1) is 0 Å². The van der Waals surface area contributed by atoms with Crippen LogP contribution in [0.3, 0.4) is 0 Å². The Balaban J connectivity index is 2.44. The minimum atomic E-state index is 1.05. The lowest BCUT2D eigenvalue weighted by Gasteiger charge is -2.13. The maximum atomic E-state index is 4.25. The van der Waals surface area contributed by atoms with Crippen LogP contribution in [0.25, 0.3) is 16.5 Å². The second-order valence-corrected chi connectivity index (χ2v) is 5.09. The number of H-pyrrole nitrogens is 1. The van der Waals surface area contributed by atoms with Crippen molar-refractivity contribution < 1.29 is 0 Å². The Morgan fingerprint density at radius 3 is 2.68 bits per heavy atom. The van der Waals surface area contributed by atoms with Gasteiger partial charge in [-0.05, 0) is 60.1 Å². The van der Waals surface area contributed by atoms with Crippen molar-refractivity contribution in [3.05, 3.63) is 53.8 Å². The van der Waals surface area contributed by atoms with Crippen molar-refractivity contribution in [1.82, 2.24) is 4.98 Å². The molecule has 0 aliphatic carbocycles. The zero-order chi connectivity index (χ0) is 13.8. The molecule has 1 N–H and O–H groups in total. The number of hydrogen-bond acceptors (Lipinski definition) is 0. The van der Waals surface area contributed by atoms with Crippen LogP contribution in [-0.2, 0) is 0 Å². The van der Waals surface area contributed by atoms with E-state index in [0.717, 1.165) is 19.3 Å². The zero-order valence-corrected chi connectivity index (χ0v) is 12.2. The van der Waals surface area contributed by atoms with Gasteiger partial charge in [0.25, 0.3) is 0 Å². The van der Waals surface area contributed by atoms with Crippen LogP contribution >= 0.6 is 0 Å². The summed E-state index contributed by atoms with van der Waals surface area (Å²) in [6, 6.07) is 8.74. The molecular formula is C18H23N. The van der Waals surface area contributed by atoms with Gasteiger partial charge in [0.15, 0.2) is 0 Å². The summed E-state index contributed by atoms with van der Waals surface area (Å²) in [4.78, 5) is 3.24. The Labute approximate surface area is 116 Å². The van der Waals surface area contributed by atoms with Crippen LogP contribution < -0.4 is 0 Å². The smallest absolute Gasteiger partial charge is 0.0454 e. The average molecular weight is 253 g/mol. The number of rotatable bonds is 5. The molecule has 0 amide bonds. The van der Waals surface area contributed by atoms with Crippen molar-refractivity contribution in [3.63, 3.8) is 0 Å². The van der Waals surface area contributed by atoms with E-state index in [2.05, 4.69) is 56.6 Å². The van der Waals surface area contributed by atoms with E-state index in [4.69, 9.17) is 0 Å². The summed E-state index contributed by atoms with van der Waals surface area (Å²) in [5.74, 6) is 0. The van der Waals surface area contributed by atoms with Crippen LogP contribution in [0.4, 0.5) is 0 Å². The summed E-state index contributed by atoms with van der Waals surface area (Å²) in [5.41, 5.74) is 6.57. The van der Waals surface area contributed by atoms with E-state index in [9.17, 15) is 0 Å². The fraction of sp³-hybridized carbons (Fsp3) is 0.333. The quantitative estimate of drug-likeness (QED) is 0.657. The van der Waals surface area contributed by atoms with Crippen LogP contribution in [0, 0.1) is 0 Å². The first-order chi connectivity index (χ1) is 9.17. The average Bonchev–Trinajstić information content (AvgIpc) is 2.86. The maximum absolute atomic E-state index is 4.25. The molecule has 2 aromatic rings. The molecule has 0 fully saturated rings. The second-order valence-electron chi connectivity index (χ2n) is 5.09. The first kappa shape index (κ1) is 13.7. The van der Waals surface area contributed by atoms with Crippen LogP contribution in [0.2, 0.25) is 0 Å². The van der Waals surface area contributed by atoms with E-state index in [1.807, 2.05) is 6.20 Å². The molecule has 2 rings (SSSR count). The van der Waals surface area contributed by atoms with Gasteiger partial charge in [-0.1, -0.05) is 38.5 Å². The van der Waals surface area contributed by atoms with Gasteiger partial charge in [-0.3, -0.25) is 0 Å². The maximum Gasteiger partial charge on any atom is 0.0454 e. The predicted octanol–water partition coefficient (Wildman–Crippen LogP) is 5.71. The standard InChI is InChI=1S/C18H23N/c1-5-7-13(3)17(6-2)14(4)15-8-9-18-16(12-15)10-11-19-18/h8-12,19H,3,5-7H2,1-2,4H3/b17-14+. The largest absolute Gasteiger partial charge is 0.361 e. The number of aromatic amines is 1. The van der Waals surface area contributed by atoms with Gasteiger partial charge in [0.2, 0.25) is 0 Å². The van der Waals surface area contributed by atoms with Crippen LogP contribution in [0.1, 0.15) is 45.6 Å². The van der Waals surface area contributed by atoms with E-state index in [1.165, 1.54) is 33.2 Å². The molecule has 19 heavy (non-hydrogen) atoms. The van der Waals surface area contributed by atoms with Crippen molar-refractivity contribution in [3.8, 4) is 0 Å². The van der Waals surface area contributed by atoms with E-state index in [-0.39, 0.29) is 0 Å². The van der Waals surface area contributed by atoms with Gasteiger partial charge in [-0.2, -0.15) is 0 Å².